The number of anilines is 1. The average molecular weight is 286 g/mol. The molecule has 20 heavy (non-hydrogen) atoms. The van der Waals surface area contributed by atoms with Crippen LogP contribution in [0.15, 0.2) is 48.5 Å². The number of aryl methyl sites for hydroxylation is 1. The summed E-state index contributed by atoms with van der Waals surface area (Å²) in [4.78, 5) is 10.7. The summed E-state index contributed by atoms with van der Waals surface area (Å²) in [7, 11) is 0. The van der Waals surface area contributed by atoms with Crippen molar-refractivity contribution in [3.63, 3.8) is 0 Å². The van der Waals surface area contributed by atoms with E-state index < -0.39 is 4.92 Å². The van der Waals surface area contributed by atoms with E-state index in [2.05, 4.69) is 12.2 Å². The molecule has 5 heteroatoms. The topological polar surface area (TPSA) is 55.2 Å². The largest absolute Gasteiger partial charge is 0.346 e. The van der Waals surface area contributed by atoms with Crippen molar-refractivity contribution in [2.24, 2.45) is 0 Å². The highest BCUT2D eigenvalue weighted by molar-refractivity contribution is 7.81. The third kappa shape index (κ3) is 3.39. The summed E-state index contributed by atoms with van der Waals surface area (Å²) in [6.07, 6.45) is 0.993. The molecule has 0 spiro atoms. The van der Waals surface area contributed by atoms with Gasteiger partial charge in [-0.2, -0.15) is 0 Å². The molecule has 0 saturated heterocycles. The van der Waals surface area contributed by atoms with Crippen molar-refractivity contribution in [1.82, 2.24) is 0 Å². The molecule has 0 aliphatic heterocycles. The number of thiocarbonyl (C=S) groups is 1. The number of hydrogen-bond donors (Lipinski definition) is 1. The Morgan fingerprint density at radius 2 is 1.75 bits per heavy atom. The fourth-order valence-electron chi connectivity index (χ4n) is 1.76. The van der Waals surface area contributed by atoms with Crippen LogP contribution in [-0.4, -0.2) is 9.91 Å². The second-order valence-electron chi connectivity index (χ2n) is 4.31. The van der Waals surface area contributed by atoms with Crippen molar-refractivity contribution >= 4 is 28.6 Å². The van der Waals surface area contributed by atoms with E-state index in [9.17, 15) is 10.1 Å². The molecular formula is C15H14N2O2S. The number of non-ortho nitro benzene ring substituents is 1. The first-order valence-corrected chi connectivity index (χ1v) is 6.65. The van der Waals surface area contributed by atoms with Gasteiger partial charge in [0.15, 0.2) is 0 Å². The predicted octanol–water partition coefficient (Wildman–Crippen LogP) is 3.94. The summed E-state index contributed by atoms with van der Waals surface area (Å²) in [5.74, 6) is 0. The van der Waals surface area contributed by atoms with Crippen LogP contribution in [0.2, 0.25) is 0 Å². The van der Waals surface area contributed by atoms with Crippen LogP contribution in [0, 0.1) is 10.1 Å². The Bertz CT molecular complexity index is 621. The van der Waals surface area contributed by atoms with Crippen molar-refractivity contribution in [3.05, 3.63) is 69.8 Å². The van der Waals surface area contributed by atoms with E-state index in [0.717, 1.165) is 17.7 Å². The summed E-state index contributed by atoms with van der Waals surface area (Å²) in [5, 5.41) is 13.7. The third-order valence-electron chi connectivity index (χ3n) is 2.96. The monoisotopic (exact) mass is 286 g/mol. The molecular weight excluding hydrogens is 272 g/mol. The highest BCUT2D eigenvalue weighted by Crippen LogP contribution is 2.15. The summed E-state index contributed by atoms with van der Waals surface area (Å²) in [6, 6.07) is 14.2. The normalized spacial score (nSPS) is 10.1. The van der Waals surface area contributed by atoms with Crippen molar-refractivity contribution in [2.75, 3.05) is 5.32 Å². The van der Waals surface area contributed by atoms with Gasteiger partial charge in [0.25, 0.3) is 5.69 Å². The van der Waals surface area contributed by atoms with E-state index >= 15 is 0 Å². The zero-order valence-electron chi connectivity index (χ0n) is 11.0. The van der Waals surface area contributed by atoms with E-state index in [0.29, 0.717) is 4.99 Å². The highest BCUT2D eigenvalue weighted by Gasteiger charge is 2.07. The van der Waals surface area contributed by atoms with Gasteiger partial charge in [-0.25, -0.2) is 0 Å². The number of benzene rings is 2. The van der Waals surface area contributed by atoms with Gasteiger partial charge in [-0.05, 0) is 36.2 Å². The molecule has 0 amide bonds. The van der Waals surface area contributed by atoms with E-state index in [1.165, 1.54) is 17.7 Å². The van der Waals surface area contributed by atoms with Crippen LogP contribution in [0.1, 0.15) is 18.1 Å². The smallest absolute Gasteiger partial charge is 0.269 e. The lowest BCUT2D eigenvalue weighted by molar-refractivity contribution is -0.384. The number of hydrogen-bond acceptors (Lipinski definition) is 3. The number of nitrogens with one attached hydrogen (secondary N) is 1. The van der Waals surface area contributed by atoms with Crippen molar-refractivity contribution in [2.45, 2.75) is 13.3 Å². The van der Waals surface area contributed by atoms with Crippen LogP contribution in [-0.2, 0) is 6.42 Å². The summed E-state index contributed by atoms with van der Waals surface area (Å²) < 4.78 is 0. The second-order valence-corrected chi connectivity index (χ2v) is 4.72. The Hall–Kier alpha value is -2.27. The molecule has 2 rings (SSSR count). The molecule has 2 aromatic rings. The highest BCUT2D eigenvalue weighted by atomic mass is 32.1. The third-order valence-corrected chi connectivity index (χ3v) is 3.30. The minimum absolute atomic E-state index is 0.0591. The summed E-state index contributed by atoms with van der Waals surface area (Å²) in [5.41, 5.74) is 2.98. The Kier molecular flexibility index (Phi) is 4.42. The van der Waals surface area contributed by atoms with Gasteiger partial charge in [0.05, 0.1) is 4.92 Å². The Morgan fingerprint density at radius 1 is 1.15 bits per heavy atom. The molecule has 1 N–H and O–H groups in total. The Morgan fingerprint density at radius 3 is 2.25 bits per heavy atom. The lowest BCUT2D eigenvalue weighted by atomic mass is 10.1. The molecule has 0 heterocycles. The average Bonchev–Trinajstić information content (AvgIpc) is 2.48. The second kappa shape index (κ2) is 6.25. The molecule has 102 valence electrons. The molecule has 0 aromatic heterocycles. The summed E-state index contributed by atoms with van der Waals surface area (Å²) in [6.45, 7) is 2.10. The van der Waals surface area contributed by atoms with Gasteiger partial charge < -0.3 is 5.32 Å². The van der Waals surface area contributed by atoms with Crippen molar-refractivity contribution in [1.29, 1.82) is 0 Å². The Labute approximate surface area is 122 Å². The minimum Gasteiger partial charge on any atom is -0.346 e. The lowest BCUT2D eigenvalue weighted by Crippen LogP contribution is -2.10. The number of nitro groups is 1. The SMILES string of the molecule is CCc1ccc(NC(=S)c2ccc([N+](=O)[O-])cc2)cc1. The molecule has 0 bridgehead atoms. The van der Waals surface area contributed by atoms with Crippen LogP contribution >= 0.6 is 12.2 Å². The van der Waals surface area contributed by atoms with Crippen LogP contribution < -0.4 is 5.32 Å². The summed E-state index contributed by atoms with van der Waals surface area (Å²) >= 11 is 5.29. The van der Waals surface area contributed by atoms with Gasteiger partial charge in [0.1, 0.15) is 4.99 Å². The van der Waals surface area contributed by atoms with E-state index in [4.69, 9.17) is 12.2 Å². The van der Waals surface area contributed by atoms with Gasteiger partial charge in [-0.3, -0.25) is 10.1 Å². The van der Waals surface area contributed by atoms with Crippen LogP contribution in [0.4, 0.5) is 11.4 Å². The van der Waals surface area contributed by atoms with Gasteiger partial charge in [-0.15, -0.1) is 0 Å². The van der Waals surface area contributed by atoms with Crippen LogP contribution in [0.5, 0.6) is 0 Å². The molecule has 0 aliphatic rings. The fourth-order valence-corrected chi connectivity index (χ4v) is 2.02. The van der Waals surface area contributed by atoms with Crippen LogP contribution in [0.3, 0.4) is 0 Å². The van der Waals surface area contributed by atoms with Crippen molar-refractivity contribution in [3.8, 4) is 0 Å². The van der Waals surface area contributed by atoms with Gasteiger partial charge in [-0.1, -0.05) is 31.3 Å². The molecule has 0 unspecified atom stereocenters. The first-order chi connectivity index (χ1) is 9.60. The van der Waals surface area contributed by atoms with Crippen molar-refractivity contribution < 1.29 is 4.92 Å². The Balaban J connectivity index is 2.08. The standard InChI is InChI=1S/C15H14N2O2S/c1-2-11-3-7-13(8-4-11)16-15(20)12-5-9-14(10-6-12)17(18)19/h3-10H,2H2,1H3,(H,16,20). The maximum atomic E-state index is 10.6. The molecule has 0 saturated carbocycles. The molecule has 0 fully saturated rings. The fraction of sp³-hybridized carbons (Fsp3) is 0.133. The quantitative estimate of drug-likeness (QED) is 0.525. The number of rotatable bonds is 4. The maximum Gasteiger partial charge on any atom is 0.269 e. The molecule has 4 nitrogen and oxygen atoms in total. The van der Waals surface area contributed by atoms with E-state index in [1.54, 1.807) is 12.1 Å². The van der Waals surface area contributed by atoms with Gasteiger partial charge in [0, 0.05) is 23.4 Å². The zero-order chi connectivity index (χ0) is 14.5. The van der Waals surface area contributed by atoms with E-state index in [-0.39, 0.29) is 5.69 Å². The predicted molar refractivity (Wildman–Crippen MR) is 84.2 cm³/mol. The van der Waals surface area contributed by atoms with Gasteiger partial charge >= 0.3 is 0 Å². The zero-order valence-corrected chi connectivity index (χ0v) is 11.8. The van der Waals surface area contributed by atoms with Crippen LogP contribution in [0.25, 0.3) is 0 Å². The molecule has 0 atom stereocenters. The molecule has 2 aromatic carbocycles. The maximum absolute atomic E-state index is 10.6. The first-order valence-electron chi connectivity index (χ1n) is 6.25. The first kappa shape index (κ1) is 14.1. The minimum atomic E-state index is -0.427. The lowest BCUT2D eigenvalue weighted by Gasteiger charge is -2.08. The van der Waals surface area contributed by atoms with Gasteiger partial charge in [0.2, 0.25) is 0 Å². The number of nitrogens with zero attached hydrogens (tertiary/aromatic N) is 1. The molecule has 0 radical (unpaired) electrons. The van der Waals surface area contributed by atoms with E-state index in [1.807, 2.05) is 24.3 Å². The number of nitro benzene ring substituents is 1. The molecule has 0 aliphatic carbocycles.